The zero-order valence-electron chi connectivity index (χ0n) is 9.29. The van der Waals surface area contributed by atoms with E-state index in [9.17, 15) is 13.2 Å². The number of alkyl halides is 3. The quantitative estimate of drug-likeness (QED) is 0.852. The monoisotopic (exact) mass is 310 g/mol. The van der Waals surface area contributed by atoms with Crippen LogP contribution in [0.4, 0.5) is 13.2 Å². The number of nitrogens with zero attached hydrogens (tertiary/aromatic N) is 2. The molecule has 0 amide bonds. The molecular formula is C11H7Cl2F3N2O. The van der Waals surface area contributed by atoms with E-state index in [2.05, 4.69) is 9.72 Å². The van der Waals surface area contributed by atoms with Crippen LogP contribution in [-0.2, 0) is 6.54 Å². The van der Waals surface area contributed by atoms with E-state index in [0.717, 1.165) is 5.56 Å². The average molecular weight is 311 g/mol. The second kappa shape index (κ2) is 5.30. The maximum Gasteiger partial charge on any atom is 0.573 e. The topological polar surface area (TPSA) is 27.1 Å². The molecule has 8 heteroatoms. The Morgan fingerprint density at radius 1 is 1.16 bits per heavy atom. The molecule has 0 bridgehead atoms. The highest BCUT2D eigenvalue weighted by atomic mass is 35.5. The number of hydrogen-bond donors (Lipinski definition) is 0. The van der Waals surface area contributed by atoms with Crippen molar-refractivity contribution in [2.75, 3.05) is 0 Å². The Kier molecular flexibility index (Phi) is 3.91. The summed E-state index contributed by atoms with van der Waals surface area (Å²) in [5.74, 6) is -0.272. The van der Waals surface area contributed by atoms with Crippen LogP contribution in [0, 0.1) is 0 Å². The Labute approximate surface area is 116 Å². The molecule has 0 aliphatic carbocycles. The summed E-state index contributed by atoms with van der Waals surface area (Å²) in [6, 6.07) is 5.47. The summed E-state index contributed by atoms with van der Waals surface area (Å²) in [5, 5.41) is 0.455. The van der Waals surface area contributed by atoms with Crippen molar-refractivity contribution in [1.29, 1.82) is 0 Å². The van der Waals surface area contributed by atoms with Crippen LogP contribution in [0.2, 0.25) is 10.3 Å². The van der Waals surface area contributed by atoms with Crippen LogP contribution >= 0.6 is 23.2 Å². The third kappa shape index (κ3) is 3.78. The SMILES string of the molecule is FC(F)(F)Oc1ccc(Cn2cnc(Cl)c2Cl)cc1. The Morgan fingerprint density at radius 3 is 2.26 bits per heavy atom. The maximum atomic E-state index is 12.0. The van der Waals surface area contributed by atoms with Crippen LogP contribution in [0.15, 0.2) is 30.6 Å². The fraction of sp³-hybridized carbons (Fsp3) is 0.182. The first-order valence-electron chi connectivity index (χ1n) is 5.06. The van der Waals surface area contributed by atoms with Gasteiger partial charge < -0.3 is 9.30 Å². The number of imidazole rings is 1. The van der Waals surface area contributed by atoms with Gasteiger partial charge in [-0.2, -0.15) is 0 Å². The number of rotatable bonds is 3. The van der Waals surface area contributed by atoms with E-state index in [-0.39, 0.29) is 16.1 Å². The predicted molar refractivity (Wildman–Crippen MR) is 64.5 cm³/mol. The van der Waals surface area contributed by atoms with Crippen molar-refractivity contribution in [2.45, 2.75) is 12.9 Å². The lowest BCUT2D eigenvalue weighted by Gasteiger charge is -2.09. The first-order valence-corrected chi connectivity index (χ1v) is 5.81. The number of hydrogen-bond acceptors (Lipinski definition) is 2. The molecule has 0 radical (unpaired) electrons. The molecule has 2 aromatic rings. The third-order valence-electron chi connectivity index (χ3n) is 2.24. The minimum atomic E-state index is -4.69. The molecule has 0 fully saturated rings. The number of benzene rings is 1. The molecule has 102 valence electrons. The number of aromatic nitrogens is 2. The van der Waals surface area contributed by atoms with Gasteiger partial charge in [-0.1, -0.05) is 35.3 Å². The molecule has 1 aromatic heterocycles. The van der Waals surface area contributed by atoms with Crippen LogP contribution in [0.25, 0.3) is 0 Å². The molecule has 1 aromatic carbocycles. The lowest BCUT2D eigenvalue weighted by Crippen LogP contribution is -2.17. The van der Waals surface area contributed by atoms with Gasteiger partial charge in [-0.3, -0.25) is 0 Å². The van der Waals surface area contributed by atoms with Crippen molar-refractivity contribution in [3.05, 3.63) is 46.5 Å². The van der Waals surface area contributed by atoms with E-state index < -0.39 is 6.36 Å². The van der Waals surface area contributed by atoms with Gasteiger partial charge in [0.25, 0.3) is 0 Å². The molecule has 0 saturated heterocycles. The van der Waals surface area contributed by atoms with Crippen LogP contribution < -0.4 is 4.74 Å². The summed E-state index contributed by atoms with van der Waals surface area (Å²) < 4.78 is 41.3. The molecule has 3 nitrogen and oxygen atoms in total. The van der Waals surface area contributed by atoms with E-state index in [4.69, 9.17) is 23.2 Å². The van der Waals surface area contributed by atoms with Gasteiger partial charge in [-0.15, -0.1) is 13.2 Å². The van der Waals surface area contributed by atoms with E-state index in [1.807, 2.05) is 0 Å². The summed E-state index contributed by atoms with van der Waals surface area (Å²) >= 11 is 11.6. The Morgan fingerprint density at radius 2 is 1.79 bits per heavy atom. The molecule has 19 heavy (non-hydrogen) atoms. The highest BCUT2D eigenvalue weighted by molar-refractivity contribution is 6.40. The van der Waals surface area contributed by atoms with Gasteiger partial charge in [-0.05, 0) is 17.7 Å². The van der Waals surface area contributed by atoms with Crippen molar-refractivity contribution in [2.24, 2.45) is 0 Å². The van der Waals surface area contributed by atoms with Gasteiger partial charge in [-0.25, -0.2) is 4.98 Å². The first kappa shape index (κ1) is 14.0. The van der Waals surface area contributed by atoms with Gasteiger partial charge in [0.2, 0.25) is 0 Å². The summed E-state index contributed by atoms with van der Waals surface area (Å²) in [4.78, 5) is 3.80. The van der Waals surface area contributed by atoms with Gasteiger partial charge in [0.05, 0.1) is 6.33 Å². The van der Waals surface area contributed by atoms with Crippen molar-refractivity contribution >= 4 is 23.2 Å². The van der Waals surface area contributed by atoms with Crippen molar-refractivity contribution in [3.63, 3.8) is 0 Å². The van der Waals surface area contributed by atoms with Crippen molar-refractivity contribution < 1.29 is 17.9 Å². The van der Waals surface area contributed by atoms with Gasteiger partial charge in [0.15, 0.2) is 5.15 Å². The molecule has 0 N–H and O–H groups in total. The molecule has 0 saturated carbocycles. The molecule has 0 unspecified atom stereocenters. The van der Waals surface area contributed by atoms with Crippen molar-refractivity contribution in [1.82, 2.24) is 9.55 Å². The number of ether oxygens (including phenoxy) is 1. The zero-order chi connectivity index (χ0) is 14.0. The van der Waals surface area contributed by atoms with E-state index >= 15 is 0 Å². The van der Waals surface area contributed by atoms with Gasteiger partial charge >= 0.3 is 6.36 Å². The lowest BCUT2D eigenvalue weighted by molar-refractivity contribution is -0.274. The third-order valence-corrected chi connectivity index (χ3v) is 3.01. The highest BCUT2D eigenvalue weighted by Gasteiger charge is 2.30. The number of halogens is 5. The highest BCUT2D eigenvalue weighted by Crippen LogP contribution is 2.24. The van der Waals surface area contributed by atoms with Crippen molar-refractivity contribution in [3.8, 4) is 5.75 Å². The summed E-state index contributed by atoms with van der Waals surface area (Å²) in [5.41, 5.74) is 0.741. The maximum absolute atomic E-state index is 12.0. The molecule has 0 spiro atoms. The normalized spacial score (nSPS) is 11.6. The zero-order valence-corrected chi connectivity index (χ0v) is 10.8. The Hall–Kier alpha value is -1.40. The van der Waals surface area contributed by atoms with E-state index in [0.29, 0.717) is 6.54 Å². The van der Waals surface area contributed by atoms with Crippen LogP contribution in [0.3, 0.4) is 0 Å². The molecule has 0 aliphatic heterocycles. The summed E-state index contributed by atoms with van der Waals surface area (Å²) in [6.07, 6.45) is -3.24. The predicted octanol–water partition coefficient (Wildman–Crippen LogP) is 4.14. The summed E-state index contributed by atoms with van der Waals surface area (Å²) in [7, 11) is 0. The largest absolute Gasteiger partial charge is 0.573 e. The van der Waals surface area contributed by atoms with E-state index in [1.54, 1.807) is 4.57 Å². The Balaban J connectivity index is 2.09. The molecular weight excluding hydrogens is 304 g/mol. The van der Waals surface area contributed by atoms with Crippen LogP contribution in [0.5, 0.6) is 5.75 Å². The second-order valence-corrected chi connectivity index (χ2v) is 4.36. The summed E-state index contributed by atoms with van der Waals surface area (Å²) in [6.45, 7) is 0.352. The van der Waals surface area contributed by atoms with Crippen LogP contribution in [0.1, 0.15) is 5.56 Å². The second-order valence-electron chi connectivity index (χ2n) is 3.65. The van der Waals surface area contributed by atoms with E-state index in [1.165, 1.54) is 30.6 Å². The average Bonchev–Trinajstić information content (AvgIpc) is 2.62. The minimum absolute atomic E-state index is 0.179. The minimum Gasteiger partial charge on any atom is -0.406 e. The molecule has 2 rings (SSSR count). The standard InChI is InChI=1S/C11H7Cl2F3N2O/c12-9-10(13)18(6-17-9)5-7-1-3-8(4-2-7)19-11(14,15)16/h1-4,6H,5H2. The Bertz CT molecular complexity index is 566. The first-order chi connectivity index (χ1) is 8.85. The lowest BCUT2D eigenvalue weighted by atomic mass is 10.2. The fourth-order valence-corrected chi connectivity index (χ4v) is 1.75. The molecule has 1 heterocycles. The van der Waals surface area contributed by atoms with Gasteiger partial charge in [0, 0.05) is 6.54 Å². The fourth-order valence-electron chi connectivity index (χ4n) is 1.45. The smallest absolute Gasteiger partial charge is 0.406 e. The van der Waals surface area contributed by atoms with Crippen LogP contribution in [-0.4, -0.2) is 15.9 Å². The molecule has 0 atom stereocenters. The molecule has 0 aliphatic rings. The van der Waals surface area contributed by atoms with Gasteiger partial charge in [0.1, 0.15) is 10.9 Å².